The zero-order valence-electron chi connectivity index (χ0n) is 7.73. The summed E-state index contributed by atoms with van der Waals surface area (Å²) in [4.78, 5) is 0. The molecule has 0 atom stereocenters. The van der Waals surface area contributed by atoms with Crippen LogP contribution in [0.4, 0.5) is 0 Å². The van der Waals surface area contributed by atoms with Gasteiger partial charge >= 0.3 is 0 Å². The van der Waals surface area contributed by atoms with E-state index < -0.39 is 10.0 Å². The van der Waals surface area contributed by atoms with Crippen LogP contribution in [0.5, 0.6) is 0 Å². The maximum absolute atomic E-state index is 10.7. The average Bonchev–Trinajstić information content (AvgIpc) is 2.44. The number of aromatic amines is 1. The number of nitrogens with one attached hydrogen (secondary N) is 2. The summed E-state index contributed by atoms with van der Waals surface area (Å²) in [5.74, 6) is 0. The van der Waals surface area contributed by atoms with Gasteiger partial charge in [-0.2, -0.15) is 5.10 Å². The topological polar surface area (TPSA) is 79.8 Å². The molecule has 2 N–H and O–H groups in total. The Labute approximate surface area is 87.4 Å². The zero-order chi connectivity index (χ0) is 10.6. The van der Waals surface area contributed by atoms with Crippen LogP contribution in [0.15, 0.2) is 6.33 Å². The van der Waals surface area contributed by atoms with Crippen LogP contribution in [0.2, 0.25) is 0 Å². The van der Waals surface area contributed by atoms with Crippen LogP contribution >= 0.6 is 12.2 Å². The first-order valence-electron chi connectivity index (χ1n) is 4.03. The Kier molecular flexibility index (Phi) is 3.78. The molecule has 0 radical (unpaired) electrons. The number of aromatic nitrogens is 3. The van der Waals surface area contributed by atoms with Crippen LogP contribution < -0.4 is 4.72 Å². The molecule has 0 aromatic carbocycles. The molecule has 1 heterocycles. The number of sulfonamides is 1. The van der Waals surface area contributed by atoms with Crippen LogP contribution in [-0.4, -0.2) is 36.0 Å². The normalized spacial score (nSPS) is 11.8. The van der Waals surface area contributed by atoms with E-state index in [-0.39, 0.29) is 0 Å². The zero-order valence-corrected chi connectivity index (χ0v) is 9.36. The van der Waals surface area contributed by atoms with Crippen molar-refractivity contribution in [3.8, 4) is 0 Å². The molecule has 0 saturated heterocycles. The average molecular weight is 236 g/mol. The Balaban J connectivity index is 2.30. The van der Waals surface area contributed by atoms with Crippen molar-refractivity contribution >= 4 is 22.2 Å². The number of aryl methyl sites for hydroxylation is 1. The van der Waals surface area contributed by atoms with E-state index in [2.05, 4.69) is 14.9 Å². The van der Waals surface area contributed by atoms with E-state index in [0.29, 0.717) is 24.3 Å². The molecule has 1 aromatic rings. The Morgan fingerprint density at radius 1 is 1.71 bits per heavy atom. The van der Waals surface area contributed by atoms with E-state index >= 15 is 0 Å². The third kappa shape index (κ3) is 3.99. The van der Waals surface area contributed by atoms with Gasteiger partial charge in [0.1, 0.15) is 6.33 Å². The lowest BCUT2D eigenvalue weighted by Crippen LogP contribution is -2.23. The molecular weight excluding hydrogens is 224 g/mol. The van der Waals surface area contributed by atoms with Crippen LogP contribution in [-0.2, 0) is 16.6 Å². The van der Waals surface area contributed by atoms with Crippen LogP contribution in [0.3, 0.4) is 0 Å². The predicted molar refractivity (Wildman–Crippen MR) is 54.9 cm³/mol. The first kappa shape index (κ1) is 11.3. The second-order valence-corrected chi connectivity index (χ2v) is 5.09. The fraction of sp³-hybridized carbons (Fsp3) is 0.667. The van der Waals surface area contributed by atoms with Gasteiger partial charge in [0, 0.05) is 13.1 Å². The van der Waals surface area contributed by atoms with Gasteiger partial charge in [0.25, 0.3) is 0 Å². The van der Waals surface area contributed by atoms with Crippen molar-refractivity contribution < 1.29 is 8.42 Å². The van der Waals surface area contributed by atoms with Crippen LogP contribution in [0.1, 0.15) is 6.42 Å². The van der Waals surface area contributed by atoms with E-state index in [0.717, 1.165) is 6.26 Å². The predicted octanol–water partition coefficient (Wildman–Crippen LogP) is -0.120. The summed E-state index contributed by atoms with van der Waals surface area (Å²) in [5, 5.41) is 6.36. The maximum atomic E-state index is 10.7. The molecular formula is C6H12N4O2S2. The molecule has 0 aliphatic carbocycles. The van der Waals surface area contributed by atoms with E-state index in [1.165, 1.54) is 0 Å². The monoisotopic (exact) mass is 236 g/mol. The molecule has 0 saturated carbocycles. The van der Waals surface area contributed by atoms with Gasteiger partial charge in [0.05, 0.1) is 6.26 Å². The highest BCUT2D eigenvalue weighted by Crippen LogP contribution is 1.90. The van der Waals surface area contributed by atoms with Crippen molar-refractivity contribution in [2.24, 2.45) is 0 Å². The molecule has 0 bridgehead atoms. The Hall–Kier alpha value is -0.730. The van der Waals surface area contributed by atoms with Crippen molar-refractivity contribution in [1.82, 2.24) is 19.5 Å². The first-order valence-corrected chi connectivity index (χ1v) is 6.33. The number of nitrogens with zero attached hydrogens (tertiary/aromatic N) is 2. The molecule has 0 aliphatic rings. The lowest BCUT2D eigenvalue weighted by atomic mass is 10.4. The van der Waals surface area contributed by atoms with Gasteiger partial charge in [-0.15, -0.1) is 0 Å². The highest BCUT2D eigenvalue weighted by molar-refractivity contribution is 7.88. The van der Waals surface area contributed by atoms with E-state index in [4.69, 9.17) is 12.2 Å². The molecule has 6 nitrogen and oxygen atoms in total. The molecule has 80 valence electrons. The van der Waals surface area contributed by atoms with Crippen molar-refractivity contribution in [2.75, 3.05) is 12.8 Å². The maximum Gasteiger partial charge on any atom is 0.208 e. The molecule has 0 fully saturated rings. The third-order valence-electron chi connectivity index (χ3n) is 1.56. The van der Waals surface area contributed by atoms with E-state index in [1.54, 1.807) is 10.9 Å². The molecule has 14 heavy (non-hydrogen) atoms. The van der Waals surface area contributed by atoms with Gasteiger partial charge in [0.15, 0.2) is 4.77 Å². The molecule has 1 rings (SSSR count). The fourth-order valence-corrected chi connectivity index (χ4v) is 1.64. The highest BCUT2D eigenvalue weighted by atomic mass is 32.2. The number of rotatable bonds is 5. The number of hydrogen-bond donors (Lipinski definition) is 2. The summed E-state index contributed by atoms with van der Waals surface area (Å²) in [6, 6.07) is 0. The lowest BCUT2D eigenvalue weighted by Gasteiger charge is -2.02. The summed E-state index contributed by atoms with van der Waals surface area (Å²) < 4.78 is 26.1. The van der Waals surface area contributed by atoms with Crippen LogP contribution in [0.25, 0.3) is 0 Å². The van der Waals surface area contributed by atoms with Gasteiger partial charge in [-0.1, -0.05) is 0 Å². The molecule has 0 unspecified atom stereocenters. The van der Waals surface area contributed by atoms with E-state index in [9.17, 15) is 8.42 Å². The number of hydrogen-bond acceptors (Lipinski definition) is 4. The summed E-state index contributed by atoms with van der Waals surface area (Å²) in [5.41, 5.74) is 0. The van der Waals surface area contributed by atoms with Gasteiger partial charge in [0.2, 0.25) is 10.0 Å². The first-order chi connectivity index (χ1) is 6.49. The highest BCUT2D eigenvalue weighted by Gasteiger charge is 1.99. The molecule has 0 aliphatic heterocycles. The summed E-state index contributed by atoms with van der Waals surface area (Å²) >= 11 is 4.91. The minimum atomic E-state index is -3.08. The molecule has 1 aromatic heterocycles. The van der Waals surface area contributed by atoms with Gasteiger partial charge in [-0.05, 0) is 18.6 Å². The second-order valence-electron chi connectivity index (χ2n) is 2.87. The molecule has 0 spiro atoms. The van der Waals surface area contributed by atoms with Crippen LogP contribution in [0, 0.1) is 4.77 Å². The Morgan fingerprint density at radius 3 is 2.93 bits per heavy atom. The number of H-pyrrole nitrogens is 1. The molecule has 0 amide bonds. The summed E-state index contributed by atoms with van der Waals surface area (Å²) in [7, 11) is -3.08. The third-order valence-corrected chi connectivity index (χ3v) is 2.61. The smallest absolute Gasteiger partial charge is 0.208 e. The van der Waals surface area contributed by atoms with Gasteiger partial charge in [-0.3, -0.25) is 5.10 Å². The van der Waals surface area contributed by atoms with Crippen molar-refractivity contribution in [3.63, 3.8) is 0 Å². The lowest BCUT2D eigenvalue weighted by molar-refractivity contribution is 0.574. The van der Waals surface area contributed by atoms with Crippen molar-refractivity contribution in [2.45, 2.75) is 13.0 Å². The Bertz CT molecular complexity index is 433. The quantitative estimate of drug-likeness (QED) is 0.552. The standard InChI is InChI=1S/C6H12N4O2S2/c1-14(11,12)8-3-2-4-10-5-7-9-6(10)13/h5,8H,2-4H2,1H3,(H,9,13). The van der Waals surface area contributed by atoms with Crippen molar-refractivity contribution in [1.29, 1.82) is 0 Å². The Morgan fingerprint density at radius 2 is 2.43 bits per heavy atom. The molecule has 8 heteroatoms. The fourth-order valence-electron chi connectivity index (χ4n) is 0.937. The summed E-state index contributed by atoms with van der Waals surface area (Å²) in [6.45, 7) is 1.06. The SMILES string of the molecule is CS(=O)(=O)NCCCn1cn[nH]c1=S. The van der Waals surface area contributed by atoms with Gasteiger partial charge < -0.3 is 4.57 Å². The van der Waals surface area contributed by atoms with Crippen molar-refractivity contribution in [3.05, 3.63) is 11.1 Å². The second kappa shape index (κ2) is 4.67. The van der Waals surface area contributed by atoms with Gasteiger partial charge in [-0.25, -0.2) is 13.1 Å². The largest absolute Gasteiger partial charge is 0.307 e. The minimum absolute atomic E-state index is 0.409. The minimum Gasteiger partial charge on any atom is -0.307 e. The van der Waals surface area contributed by atoms with E-state index in [1.807, 2.05) is 0 Å². The summed E-state index contributed by atoms with van der Waals surface area (Å²) in [6.07, 6.45) is 3.40.